The molecule has 1 saturated carbocycles. The molecule has 0 spiro atoms. The zero-order valence-electron chi connectivity index (χ0n) is 75.6. The Bertz CT molecular complexity index is 6550. The molecule has 18 nitrogen and oxygen atoms in total. The van der Waals surface area contributed by atoms with Crippen molar-refractivity contribution in [3.63, 3.8) is 0 Å². The lowest BCUT2D eigenvalue weighted by molar-refractivity contribution is -0.138. The highest BCUT2D eigenvalue weighted by Gasteiger charge is 2.41. The molecule has 8 heterocycles. The van der Waals surface area contributed by atoms with Crippen LogP contribution in [-0.2, 0) is 92.5 Å². The molecule has 0 N–H and O–H groups in total. The Hall–Kier alpha value is -8.69. The van der Waals surface area contributed by atoms with Crippen LogP contribution < -0.4 is 0 Å². The fourth-order valence-electron chi connectivity index (χ4n) is 18.1. The van der Waals surface area contributed by atoms with Crippen molar-refractivity contribution in [2.24, 2.45) is 45.9 Å². The minimum absolute atomic E-state index is 0.0375. The molecule has 0 bridgehead atoms. The number of ketones is 2. The van der Waals surface area contributed by atoms with Crippen LogP contribution in [0.15, 0.2) is 97.1 Å². The van der Waals surface area contributed by atoms with Gasteiger partial charge in [-0.3, -0.25) is 24.1 Å². The third-order valence-electron chi connectivity index (χ3n) is 26.3. The predicted octanol–water partition coefficient (Wildman–Crippen LogP) is 25.3. The monoisotopic (exact) mass is 2030 g/mol. The number of hydrogen-bond acceptors (Lipinski definition) is 12. The van der Waals surface area contributed by atoms with E-state index in [1.165, 1.54) is 25.0 Å². The maximum Gasteiger partial charge on any atom is 0.416 e. The molecule has 0 unspecified atom stereocenters. The number of methoxy groups -OCH3 is 2. The maximum absolute atomic E-state index is 13.9. The van der Waals surface area contributed by atoms with Crippen molar-refractivity contribution >= 4 is 160 Å². The van der Waals surface area contributed by atoms with E-state index in [2.05, 4.69) is 24.8 Å². The lowest BCUT2D eigenvalue weighted by Gasteiger charge is -2.44. The molecule has 0 radical (unpaired) electrons. The summed E-state index contributed by atoms with van der Waals surface area (Å²) in [5.41, 5.74) is 7.29. The number of imidazole rings is 4. The molecule has 1 aliphatic carbocycles. The summed E-state index contributed by atoms with van der Waals surface area (Å²) in [6.07, 6.45) is -4.46. The van der Waals surface area contributed by atoms with E-state index in [0.717, 1.165) is 88.5 Å². The standard InChI is InChI=1S/C26H27Cl2F3N2O2.C25H25Cl2F3N4O.C24H24Cl2F3N3O2.C23H22Cl2F2N2O2/c1-14-10-16(26(29,30)31)12-21-25(14)32-23(33(21)2)13-19-20(27)9-8-18(24(19)28)22(34)11-15-4-6-17(35-3)7-5-15;1-14-9-15(25(28,29)30)10-20-23(14)31-21(32(20)2)11-18-19(26)6-5-17(22(18)27)24(35)34-12-16(13-34)33-7-3-4-8-33;1-13-8-15(24(27,28)29)9-19-22(13)30-20(31(19)2)10-17-18(25)5-4-16(21(17)26)23(33)32-11-14(12-32)6-7-34-3;1-12-6-14(23(2,26)27)8-18-22(12)28-20(29(18)3)9-16-17(24)5-4-15(21(16)25)19(30)7-13-10-31-11-13/h8-10,12,15,17H,4-7,11,13H2,1-3H3;5-6,9-10,16H,3-4,7-8,11-13H2,1-2H3;4-5,8-9,14H,6-7,10-12H2,1-3H3;4-6,8,13H,7,9-11H2,1-3H3. The number of amides is 2. The molecule has 720 valence electrons. The van der Waals surface area contributed by atoms with Crippen LogP contribution in [0.25, 0.3) is 44.1 Å². The number of hydrogen-bond donors (Lipinski definition) is 0. The second-order valence-corrected chi connectivity index (χ2v) is 38.8. The summed E-state index contributed by atoms with van der Waals surface area (Å²) in [5, 5.41) is 2.62. The largest absolute Gasteiger partial charge is 0.416 e. The second-order valence-electron chi connectivity index (χ2n) is 35.6. The SMILES string of the molecule is COC1CCC(CC(=O)c2ccc(Cl)c(Cc3nc4c(C)cc(C(F)(F)F)cc4n3C)c2Cl)CC1.COCCC1CN(C(=O)c2ccc(Cl)c(Cc3nc4c(C)cc(C(F)(F)F)cc4n3C)c2Cl)C1.Cc1cc(C(C)(F)F)cc2c1nc(Cc1c(Cl)ccc(C(=O)CC3COC3)c1Cl)n2C.Cc1cc(C(F)(F)F)cc2c1nc(Cc1c(Cl)ccc(C(=O)N3CC(N4CCCC4)C3)c1Cl)n2C. The molecule has 2 amide bonds. The van der Waals surface area contributed by atoms with Crippen LogP contribution in [-0.4, -0.2) is 162 Å². The van der Waals surface area contributed by atoms with Gasteiger partial charge in [0.25, 0.3) is 17.7 Å². The molecule has 37 heteroatoms. The van der Waals surface area contributed by atoms with Gasteiger partial charge < -0.3 is 42.3 Å². The van der Waals surface area contributed by atoms with Crippen LogP contribution >= 0.6 is 92.8 Å². The summed E-state index contributed by atoms with van der Waals surface area (Å²) in [6.45, 7) is 14.1. The highest BCUT2D eigenvalue weighted by atomic mass is 35.5. The summed E-state index contributed by atoms with van der Waals surface area (Å²) in [6, 6.07) is 23.0. The smallest absolute Gasteiger partial charge is 0.385 e. The number of fused-ring (bicyclic) bond motifs is 4. The number of nitrogens with zero attached hydrogens (tertiary/aromatic N) is 11. The van der Waals surface area contributed by atoms with Gasteiger partial charge in [-0.15, -0.1) is 0 Å². The molecular weight excluding hydrogens is 1940 g/mol. The van der Waals surface area contributed by atoms with Gasteiger partial charge in [-0.2, -0.15) is 39.5 Å². The first-order valence-corrected chi connectivity index (χ1v) is 46.9. The van der Waals surface area contributed by atoms with Crippen molar-refractivity contribution in [1.29, 1.82) is 0 Å². The fourth-order valence-corrected chi connectivity index (χ4v) is 20.4. The number of Topliss-reactive ketones (excluding diaryl/α,β-unsaturated/α-hetero) is 2. The fraction of sp³-hybridized carbons (Fsp3) is 0.429. The number of alkyl halides is 11. The number of aryl methyl sites for hydroxylation is 8. The van der Waals surface area contributed by atoms with Gasteiger partial charge in [-0.25, -0.2) is 28.7 Å². The molecule has 5 aliphatic rings. The van der Waals surface area contributed by atoms with Gasteiger partial charge in [0.1, 0.15) is 23.3 Å². The van der Waals surface area contributed by atoms with Gasteiger partial charge in [-0.05, 0) is 239 Å². The summed E-state index contributed by atoms with van der Waals surface area (Å²) in [7, 11) is 10.1. The van der Waals surface area contributed by atoms with E-state index in [1.54, 1.807) is 147 Å². The van der Waals surface area contributed by atoms with E-state index in [0.29, 0.717) is 230 Å². The Labute approximate surface area is 812 Å². The van der Waals surface area contributed by atoms with Crippen LogP contribution in [0, 0.1) is 45.4 Å². The van der Waals surface area contributed by atoms with Gasteiger partial charge in [0.2, 0.25) is 0 Å². The molecule has 12 aromatic rings. The van der Waals surface area contributed by atoms with Gasteiger partial charge in [-0.1, -0.05) is 92.8 Å². The van der Waals surface area contributed by atoms with Gasteiger partial charge in [0, 0.05) is 169 Å². The highest BCUT2D eigenvalue weighted by Crippen LogP contribution is 2.44. The number of carbonyl (C=O) groups is 4. The first kappa shape index (κ1) is 102. The maximum atomic E-state index is 13.9. The normalized spacial score (nSPS) is 16.5. The third-order valence-corrected chi connectivity index (χ3v) is 29.4. The zero-order chi connectivity index (χ0) is 97.8. The Morgan fingerprint density at radius 1 is 0.415 bits per heavy atom. The van der Waals surface area contributed by atoms with Crippen LogP contribution in [0.5, 0.6) is 0 Å². The molecule has 4 aliphatic heterocycles. The van der Waals surface area contributed by atoms with Gasteiger partial charge in [0.15, 0.2) is 11.6 Å². The number of halogens is 19. The summed E-state index contributed by atoms with van der Waals surface area (Å²) in [4.78, 5) is 76.3. The summed E-state index contributed by atoms with van der Waals surface area (Å²) < 4.78 is 170. The van der Waals surface area contributed by atoms with Crippen LogP contribution in [0.1, 0.15) is 196 Å². The molecule has 0 atom stereocenters. The van der Waals surface area contributed by atoms with E-state index in [9.17, 15) is 67.5 Å². The first-order valence-electron chi connectivity index (χ1n) is 43.9. The lowest BCUT2D eigenvalue weighted by atomic mass is 9.83. The van der Waals surface area contributed by atoms with E-state index in [1.807, 2.05) is 0 Å². The summed E-state index contributed by atoms with van der Waals surface area (Å²) in [5.74, 6) is -0.309. The molecule has 135 heavy (non-hydrogen) atoms. The van der Waals surface area contributed by atoms with Crippen molar-refractivity contribution in [3.05, 3.63) is 250 Å². The number of carbonyl (C=O) groups excluding carboxylic acids is 4. The van der Waals surface area contributed by atoms with E-state index in [4.69, 9.17) is 107 Å². The Kier molecular flexibility index (Phi) is 31.3. The van der Waals surface area contributed by atoms with E-state index >= 15 is 0 Å². The lowest BCUT2D eigenvalue weighted by Crippen LogP contribution is -2.60. The average molecular weight is 2030 g/mol. The number of aromatic nitrogens is 8. The molecule has 5 fully saturated rings. The molecule has 8 aromatic carbocycles. The number of benzene rings is 8. The van der Waals surface area contributed by atoms with Crippen LogP contribution in [0.4, 0.5) is 48.3 Å². The molecular formula is C98H98Cl8F11N11O7. The minimum atomic E-state index is -4.45. The third kappa shape index (κ3) is 22.3. The van der Waals surface area contributed by atoms with Crippen LogP contribution in [0.3, 0.4) is 0 Å². The number of likely N-dealkylation sites (tertiary alicyclic amines) is 3. The Balaban J connectivity index is 0.000000144. The van der Waals surface area contributed by atoms with Crippen molar-refractivity contribution in [2.45, 2.75) is 155 Å². The second kappa shape index (κ2) is 41.4. The van der Waals surface area contributed by atoms with Crippen molar-refractivity contribution in [3.8, 4) is 0 Å². The van der Waals surface area contributed by atoms with Gasteiger partial charge in [0.05, 0.1) is 111 Å². The number of ether oxygens (including phenoxy) is 3. The minimum Gasteiger partial charge on any atom is -0.385 e. The van der Waals surface area contributed by atoms with E-state index in [-0.39, 0.29) is 87.6 Å². The Morgan fingerprint density at radius 2 is 0.726 bits per heavy atom. The molecule has 4 saturated heterocycles. The average Bonchev–Trinajstić information content (AvgIpc) is 1.62. The van der Waals surface area contributed by atoms with Crippen molar-refractivity contribution in [1.82, 2.24) is 52.9 Å². The van der Waals surface area contributed by atoms with Crippen LogP contribution in [0.2, 0.25) is 40.2 Å². The first-order chi connectivity index (χ1) is 63.6. The summed E-state index contributed by atoms with van der Waals surface area (Å²) >= 11 is 52.3. The molecule has 17 rings (SSSR count). The predicted molar refractivity (Wildman–Crippen MR) is 505 cm³/mol. The zero-order valence-corrected chi connectivity index (χ0v) is 81.7. The topological polar surface area (TPSA) is 177 Å². The highest BCUT2D eigenvalue weighted by molar-refractivity contribution is 6.40. The Morgan fingerprint density at radius 3 is 1.04 bits per heavy atom. The van der Waals surface area contributed by atoms with Gasteiger partial charge >= 0.3 is 18.5 Å². The van der Waals surface area contributed by atoms with E-state index < -0.39 is 41.1 Å². The van der Waals surface area contributed by atoms with Crippen molar-refractivity contribution in [2.75, 3.05) is 73.3 Å². The quantitative estimate of drug-likeness (QED) is 0.0464. The molecule has 4 aromatic heterocycles. The number of rotatable bonds is 22. The van der Waals surface area contributed by atoms with Crippen molar-refractivity contribution < 1.29 is 81.7 Å².